The molecule has 96 valence electrons. The van der Waals surface area contributed by atoms with Gasteiger partial charge in [-0.3, -0.25) is 9.69 Å². The highest BCUT2D eigenvalue weighted by atomic mass is 16.1. The largest absolute Gasteiger partial charge is 0.329 e. The molecule has 18 heavy (non-hydrogen) atoms. The zero-order chi connectivity index (χ0) is 13.0. The van der Waals surface area contributed by atoms with Crippen molar-refractivity contribution < 1.29 is 0 Å². The lowest BCUT2D eigenvalue weighted by molar-refractivity contribution is 0.289. The summed E-state index contributed by atoms with van der Waals surface area (Å²) in [5.74, 6) is 0. The van der Waals surface area contributed by atoms with Crippen molar-refractivity contribution in [3.05, 3.63) is 46.2 Å². The lowest BCUT2D eigenvalue weighted by Crippen LogP contribution is -2.29. The number of hydrogen-bond acceptors (Lipinski definition) is 3. The standard InChI is InChI=1S/C14H19N3O/c1-2-17(8-7-15)10-11-9-14(18)16-13-6-4-3-5-12(11)13/h3-6,9H,2,7-8,10,15H2,1H3,(H,16,18). The van der Waals surface area contributed by atoms with Crippen LogP contribution in [0.15, 0.2) is 35.1 Å². The van der Waals surface area contributed by atoms with E-state index in [2.05, 4.69) is 16.8 Å². The van der Waals surface area contributed by atoms with Gasteiger partial charge in [-0.1, -0.05) is 25.1 Å². The molecular formula is C14H19N3O. The van der Waals surface area contributed by atoms with Crippen molar-refractivity contribution in [2.75, 3.05) is 19.6 Å². The molecule has 0 aliphatic rings. The number of aromatic nitrogens is 1. The summed E-state index contributed by atoms with van der Waals surface area (Å²) in [6.45, 7) is 5.27. The van der Waals surface area contributed by atoms with E-state index >= 15 is 0 Å². The van der Waals surface area contributed by atoms with E-state index in [-0.39, 0.29) is 5.56 Å². The second-order valence-electron chi connectivity index (χ2n) is 4.36. The van der Waals surface area contributed by atoms with Crippen molar-refractivity contribution in [2.24, 2.45) is 5.73 Å². The Balaban J connectivity index is 2.40. The Morgan fingerprint density at radius 3 is 2.83 bits per heavy atom. The maximum atomic E-state index is 11.6. The number of H-pyrrole nitrogens is 1. The Hall–Kier alpha value is -1.65. The molecule has 0 unspecified atom stereocenters. The number of likely N-dealkylation sites (N-methyl/N-ethyl adjacent to an activating group) is 1. The Morgan fingerprint density at radius 2 is 2.11 bits per heavy atom. The molecule has 0 fully saturated rings. The first-order valence-corrected chi connectivity index (χ1v) is 6.28. The van der Waals surface area contributed by atoms with E-state index in [0.717, 1.165) is 36.1 Å². The second kappa shape index (κ2) is 5.80. The van der Waals surface area contributed by atoms with Crippen LogP contribution in [0.2, 0.25) is 0 Å². The summed E-state index contributed by atoms with van der Waals surface area (Å²) in [7, 11) is 0. The van der Waals surface area contributed by atoms with Gasteiger partial charge in [0.25, 0.3) is 0 Å². The highest BCUT2D eigenvalue weighted by Crippen LogP contribution is 2.16. The van der Waals surface area contributed by atoms with Crippen LogP contribution < -0.4 is 11.3 Å². The van der Waals surface area contributed by atoms with E-state index in [9.17, 15) is 4.79 Å². The fraction of sp³-hybridized carbons (Fsp3) is 0.357. The van der Waals surface area contributed by atoms with Crippen LogP contribution in [0.4, 0.5) is 0 Å². The van der Waals surface area contributed by atoms with Crippen LogP contribution in [0.25, 0.3) is 10.9 Å². The quantitative estimate of drug-likeness (QED) is 0.835. The number of nitrogens with zero attached hydrogens (tertiary/aromatic N) is 1. The Morgan fingerprint density at radius 1 is 1.33 bits per heavy atom. The molecule has 0 atom stereocenters. The van der Waals surface area contributed by atoms with Crippen LogP contribution in [0, 0.1) is 0 Å². The SMILES string of the molecule is CCN(CCN)Cc1cc(=O)[nH]c2ccccc12. The molecule has 2 rings (SSSR count). The molecule has 3 N–H and O–H groups in total. The van der Waals surface area contributed by atoms with Gasteiger partial charge >= 0.3 is 0 Å². The molecule has 4 nitrogen and oxygen atoms in total. The van der Waals surface area contributed by atoms with Gasteiger partial charge < -0.3 is 10.7 Å². The van der Waals surface area contributed by atoms with Gasteiger partial charge in [0, 0.05) is 36.6 Å². The molecule has 0 saturated carbocycles. The maximum absolute atomic E-state index is 11.6. The maximum Gasteiger partial charge on any atom is 0.248 e. The Kier molecular flexibility index (Phi) is 4.12. The smallest absolute Gasteiger partial charge is 0.248 e. The zero-order valence-electron chi connectivity index (χ0n) is 10.6. The number of aromatic amines is 1. The Bertz CT molecular complexity index is 577. The van der Waals surface area contributed by atoms with Gasteiger partial charge in [-0.05, 0) is 18.2 Å². The minimum absolute atomic E-state index is 0.0486. The number of fused-ring (bicyclic) bond motifs is 1. The summed E-state index contributed by atoms with van der Waals surface area (Å²) in [6.07, 6.45) is 0. The third kappa shape index (κ3) is 2.78. The van der Waals surface area contributed by atoms with Crippen molar-refractivity contribution >= 4 is 10.9 Å². The number of nitrogens with one attached hydrogen (secondary N) is 1. The molecule has 0 bridgehead atoms. The van der Waals surface area contributed by atoms with Gasteiger partial charge in [0.1, 0.15) is 0 Å². The van der Waals surface area contributed by atoms with Crippen molar-refractivity contribution in [1.82, 2.24) is 9.88 Å². The molecule has 0 radical (unpaired) electrons. The highest BCUT2D eigenvalue weighted by Gasteiger charge is 2.07. The summed E-state index contributed by atoms with van der Waals surface area (Å²) in [6, 6.07) is 9.57. The van der Waals surface area contributed by atoms with E-state index in [1.165, 1.54) is 0 Å². The first kappa shape index (κ1) is 12.8. The van der Waals surface area contributed by atoms with E-state index < -0.39 is 0 Å². The van der Waals surface area contributed by atoms with Gasteiger partial charge in [0.05, 0.1) is 0 Å². The number of hydrogen-bond donors (Lipinski definition) is 2. The van der Waals surface area contributed by atoms with E-state index in [1.807, 2.05) is 24.3 Å². The molecule has 4 heteroatoms. The second-order valence-corrected chi connectivity index (χ2v) is 4.36. The average Bonchev–Trinajstić information content (AvgIpc) is 2.38. The first-order chi connectivity index (χ1) is 8.74. The first-order valence-electron chi connectivity index (χ1n) is 6.28. The van der Waals surface area contributed by atoms with Crippen molar-refractivity contribution in [3.63, 3.8) is 0 Å². The highest BCUT2D eigenvalue weighted by molar-refractivity contribution is 5.81. The monoisotopic (exact) mass is 245 g/mol. The number of benzene rings is 1. The summed E-state index contributed by atoms with van der Waals surface area (Å²) >= 11 is 0. The number of para-hydroxylation sites is 1. The third-order valence-corrected chi connectivity index (χ3v) is 3.12. The molecule has 1 aromatic carbocycles. The van der Waals surface area contributed by atoms with Gasteiger partial charge in [0.2, 0.25) is 5.56 Å². The van der Waals surface area contributed by atoms with E-state index in [0.29, 0.717) is 6.54 Å². The molecule has 0 amide bonds. The average molecular weight is 245 g/mol. The molecule has 1 heterocycles. The van der Waals surface area contributed by atoms with E-state index in [4.69, 9.17) is 5.73 Å². The molecule has 2 aromatic rings. The van der Waals surface area contributed by atoms with Crippen LogP contribution in [0.5, 0.6) is 0 Å². The normalized spacial score (nSPS) is 11.3. The van der Waals surface area contributed by atoms with Gasteiger partial charge in [0.15, 0.2) is 0 Å². The van der Waals surface area contributed by atoms with Gasteiger partial charge in [-0.25, -0.2) is 0 Å². The minimum Gasteiger partial charge on any atom is -0.329 e. The fourth-order valence-electron chi connectivity index (χ4n) is 2.18. The summed E-state index contributed by atoms with van der Waals surface area (Å²) in [4.78, 5) is 16.7. The Labute approximate surface area is 106 Å². The lowest BCUT2D eigenvalue weighted by Gasteiger charge is -2.20. The van der Waals surface area contributed by atoms with Crippen molar-refractivity contribution in [1.29, 1.82) is 0 Å². The van der Waals surface area contributed by atoms with Crippen molar-refractivity contribution in [3.8, 4) is 0 Å². The minimum atomic E-state index is -0.0486. The summed E-state index contributed by atoms with van der Waals surface area (Å²) in [5, 5.41) is 1.10. The number of nitrogens with two attached hydrogens (primary N) is 1. The zero-order valence-corrected chi connectivity index (χ0v) is 10.6. The van der Waals surface area contributed by atoms with Crippen LogP contribution in [-0.2, 0) is 6.54 Å². The lowest BCUT2D eigenvalue weighted by atomic mass is 10.1. The predicted octanol–water partition coefficient (Wildman–Crippen LogP) is 1.31. The molecular weight excluding hydrogens is 226 g/mol. The number of rotatable bonds is 5. The molecule has 0 aliphatic carbocycles. The van der Waals surface area contributed by atoms with Crippen LogP contribution in [0.1, 0.15) is 12.5 Å². The van der Waals surface area contributed by atoms with Crippen LogP contribution in [0.3, 0.4) is 0 Å². The van der Waals surface area contributed by atoms with Gasteiger partial charge in [-0.15, -0.1) is 0 Å². The van der Waals surface area contributed by atoms with Gasteiger partial charge in [-0.2, -0.15) is 0 Å². The summed E-state index contributed by atoms with van der Waals surface area (Å²) < 4.78 is 0. The third-order valence-electron chi connectivity index (χ3n) is 3.12. The topological polar surface area (TPSA) is 62.1 Å². The summed E-state index contributed by atoms with van der Waals surface area (Å²) in [5.41, 5.74) is 7.50. The van der Waals surface area contributed by atoms with E-state index in [1.54, 1.807) is 6.07 Å². The predicted molar refractivity (Wildman–Crippen MR) is 74.6 cm³/mol. The molecule has 0 saturated heterocycles. The number of pyridine rings is 1. The van der Waals surface area contributed by atoms with Crippen molar-refractivity contribution in [2.45, 2.75) is 13.5 Å². The fourth-order valence-corrected chi connectivity index (χ4v) is 2.18. The van der Waals surface area contributed by atoms with Crippen LogP contribution in [-0.4, -0.2) is 29.5 Å². The molecule has 1 aromatic heterocycles. The molecule has 0 aliphatic heterocycles. The van der Waals surface area contributed by atoms with Crippen LogP contribution >= 0.6 is 0 Å². The molecule has 0 spiro atoms.